The first-order valence-electron chi connectivity index (χ1n) is 14.1. The molecule has 2 heterocycles. The third-order valence-electron chi connectivity index (χ3n) is 6.70. The molecule has 4 rings (SSSR count). The molecule has 0 aliphatic carbocycles. The van der Waals surface area contributed by atoms with Crippen LogP contribution >= 0.6 is 0 Å². The summed E-state index contributed by atoms with van der Waals surface area (Å²) in [6.07, 6.45) is 0. The van der Waals surface area contributed by atoms with Crippen LogP contribution < -0.4 is 28.6 Å². The number of hydrogen-bond donors (Lipinski definition) is 2. The summed E-state index contributed by atoms with van der Waals surface area (Å²) in [5.74, 6) is 0.333. The van der Waals surface area contributed by atoms with E-state index in [1.165, 1.54) is 26.2 Å². The maximum absolute atomic E-state index is 13.7. The van der Waals surface area contributed by atoms with E-state index in [1.54, 1.807) is 36.4 Å². The fourth-order valence-electron chi connectivity index (χ4n) is 4.16. The molecule has 1 saturated heterocycles. The quantitative estimate of drug-likeness (QED) is 0.261. The maximum atomic E-state index is 13.7. The molecule has 1 fully saturated rings. The predicted octanol–water partition coefficient (Wildman–Crippen LogP) is 3.53. The fraction of sp³-hybridized carbons (Fsp3) is 0.448. The van der Waals surface area contributed by atoms with Crippen LogP contribution in [0, 0.1) is 0 Å². The lowest BCUT2D eigenvalue weighted by Gasteiger charge is -2.28. The molecule has 1 aromatic heterocycles. The van der Waals surface area contributed by atoms with Crippen molar-refractivity contribution >= 4 is 31.8 Å². The lowest BCUT2D eigenvalue weighted by Crippen LogP contribution is -2.37. The number of rotatable bonds is 13. The third kappa shape index (κ3) is 8.49. The average molecular weight is 650 g/mol. The summed E-state index contributed by atoms with van der Waals surface area (Å²) >= 11 is 0. The molecule has 0 amide bonds. The molecule has 0 saturated carbocycles. The molecule has 1 aliphatic heterocycles. The molecule has 15 heteroatoms. The van der Waals surface area contributed by atoms with Crippen LogP contribution in [0.25, 0.3) is 0 Å². The first-order chi connectivity index (χ1) is 20.8. The topological polar surface area (TPSA) is 158 Å². The SMILES string of the molecule is CCS(=O)(=O)NCCOc1nc(N2CCOCC2)nc(NS(=O)(=O)c2ccc(C(C)(C)C)cc2)c1Oc1ccccc1OC. The molecule has 44 heavy (non-hydrogen) atoms. The molecule has 2 aromatic carbocycles. The highest BCUT2D eigenvalue weighted by Gasteiger charge is 2.27. The van der Waals surface area contributed by atoms with Crippen LogP contribution in [0.4, 0.5) is 11.8 Å². The molecule has 13 nitrogen and oxygen atoms in total. The van der Waals surface area contributed by atoms with Gasteiger partial charge in [0, 0.05) is 19.6 Å². The van der Waals surface area contributed by atoms with E-state index in [0.717, 1.165) is 5.56 Å². The second kappa shape index (κ2) is 14.0. The molecule has 0 radical (unpaired) electrons. The Morgan fingerprint density at radius 3 is 2.23 bits per heavy atom. The second-order valence-electron chi connectivity index (χ2n) is 10.9. The zero-order valence-corrected chi connectivity index (χ0v) is 27.1. The standard InChI is InChI=1S/C29H39N5O8S2/c1-6-43(35,36)30-15-18-41-27-25(42-24-10-8-7-9-23(24)39-5)26(31-28(32-27)34-16-19-40-20-17-34)33-44(37,38)22-13-11-21(12-14-22)29(2,3)4/h7-14,30H,6,15-20H2,1-5H3,(H,31,32,33). The van der Waals surface area contributed by atoms with Crippen molar-refractivity contribution in [2.45, 2.75) is 38.0 Å². The summed E-state index contributed by atoms with van der Waals surface area (Å²) < 4.78 is 79.3. The Morgan fingerprint density at radius 1 is 0.955 bits per heavy atom. The summed E-state index contributed by atoms with van der Waals surface area (Å²) in [7, 11) is -6.15. The number of aromatic nitrogens is 2. The van der Waals surface area contributed by atoms with Gasteiger partial charge in [0.2, 0.25) is 21.7 Å². The largest absolute Gasteiger partial charge is 0.493 e. The van der Waals surface area contributed by atoms with Crippen molar-refractivity contribution in [3.63, 3.8) is 0 Å². The molecule has 0 unspecified atom stereocenters. The first kappa shape index (κ1) is 33.2. The third-order valence-corrected chi connectivity index (χ3v) is 9.46. The predicted molar refractivity (Wildman–Crippen MR) is 167 cm³/mol. The van der Waals surface area contributed by atoms with Gasteiger partial charge in [-0.15, -0.1) is 0 Å². The van der Waals surface area contributed by atoms with Gasteiger partial charge in [-0.25, -0.2) is 21.6 Å². The number of hydrogen-bond acceptors (Lipinski definition) is 11. The first-order valence-corrected chi connectivity index (χ1v) is 17.3. The van der Waals surface area contributed by atoms with Crippen molar-refractivity contribution < 1.29 is 35.8 Å². The average Bonchev–Trinajstić information content (AvgIpc) is 3.00. The molecule has 0 bridgehead atoms. The fourth-order valence-corrected chi connectivity index (χ4v) is 5.77. The van der Waals surface area contributed by atoms with E-state index in [9.17, 15) is 16.8 Å². The van der Waals surface area contributed by atoms with E-state index < -0.39 is 20.0 Å². The number of para-hydroxylation sites is 2. The molecule has 3 aromatic rings. The number of ether oxygens (including phenoxy) is 4. The Morgan fingerprint density at radius 2 is 1.61 bits per heavy atom. The minimum atomic E-state index is -4.16. The van der Waals surface area contributed by atoms with Crippen LogP contribution in [-0.4, -0.2) is 79.1 Å². The van der Waals surface area contributed by atoms with Gasteiger partial charge in [-0.3, -0.25) is 4.72 Å². The molecule has 1 aliphatic rings. The Labute approximate surface area is 259 Å². The Bertz CT molecular complexity index is 1640. The van der Waals surface area contributed by atoms with Gasteiger partial charge in [-0.2, -0.15) is 9.97 Å². The maximum Gasteiger partial charge on any atom is 0.265 e. The zero-order valence-electron chi connectivity index (χ0n) is 25.5. The van der Waals surface area contributed by atoms with E-state index in [2.05, 4.69) is 19.4 Å². The van der Waals surface area contributed by atoms with Gasteiger partial charge in [0.25, 0.3) is 15.9 Å². The van der Waals surface area contributed by atoms with E-state index in [0.29, 0.717) is 32.1 Å². The lowest BCUT2D eigenvalue weighted by atomic mass is 9.87. The van der Waals surface area contributed by atoms with Gasteiger partial charge >= 0.3 is 0 Å². The normalized spacial score (nSPS) is 14.2. The highest BCUT2D eigenvalue weighted by atomic mass is 32.2. The minimum absolute atomic E-state index is 0.0247. The van der Waals surface area contributed by atoms with Gasteiger partial charge < -0.3 is 23.8 Å². The van der Waals surface area contributed by atoms with Gasteiger partial charge in [-0.1, -0.05) is 45.0 Å². The Balaban J connectivity index is 1.79. The zero-order chi connectivity index (χ0) is 32.0. The van der Waals surface area contributed by atoms with Crippen molar-refractivity contribution in [3.05, 3.63) is 54.1 Å². The van der Waals surface area contributed by atoms with Crippen molar-refractivity contribution in [3.8, 4) is 23.1 Å². The van der Waals surface area contributed by atoms with Crippen LogP contribution in [-0.2, 0) is 30.2 Å². The summed E-state index contributed by atoms with van der Waals surface area (Å²) in [4.78, 5) is 11.0. The van der Waals surface area contributed by atoms with Gasteiger partial charge in [0.15, 0.2) is 17.3 Å². The van der Waals surface area contributed by atoms with Crippen LogP contribution in [0.3, 0.4) is 0 Å². The molecule has 240 valence electrons. The molecule has 0 atom stereocenters. The van der Waals surface area contributed by atoms with Crippen LogP contribution in [0.5, 0.6) is 23.1 Å². The van der Waals surface area contributed by atoms with E-state index in [-0.39, 0.29) is 58.4 Å². The number of methoxy groups -OCH3 is 1. The second-order valence-corrected chi connectivity index (χ2v) is 14.7. The lowest BCUT2D eigenvalue weighted by molar-refractivity contribution is 0.122. The van der Waals surface area contributed by atoms with Crippen molar-refractivity contribution in [1.29, 1.82) is 0 Å². The van der Waals surface area contributed by atoms with E-state index in [4.69, 9.17) is 18.9 Å². The monoisotopic (exact) mass is 649 g/mol. The highest BCUT2D eigenvalue weighted by molar-refractivity contribution is 7.92. The number of benzene rings is 2. The molecular weight excluding hydrogens is 610 g/mol. The summed E-state index contributed by atoms with van der Waals surface area (Å²) in [5, 5.41) is 0. The van der Waals surface area contributed by atoms with Crippen molar-refractivity contribution in [2.75, 3.05) is 61.9 Å². The number of nitrogens with zero attached hydrogens (tertiary/aromatic N) is 3. The van der Waals surface area contributed by atoms with Crippen LogP contribution in [0.2, 0.25) is 0 Å². The number of nitrogens with one attached hydrogen (secondary N) is 2. The Kier molecular flexibility index (Phi) is 10.6. The smallest absolute Gasteiger partial charge is 0.265 e. The minimum Gasteiger partial charge on any atom is -0.493 e. The molecule has 2 N–H and O–H groups in total. The van der Waals surface area contributed by atoms with E-state index in [1.807, 2.05) is 25.7 Å². The number of anilines is 2. The van der Waals surface area contributed by atoms with Gasteiger partial charge in [-0.05, 0) is 42.2 Å². The van der Waals surface area contributed by atoms with Crippen LogP contribution in [0.15, 0.2) is 53.4 Å². The van der Waals surface area contributed by atoms with Crippen molar-refractivity contribution in [2.24, 2.45) is 0 Å². The van der Waals surface area contributed by atoms with Gasteiger partial charge in [0.05, 0.1) is 31.0 Å². The number of morpholine rings is 1. The van der Waals surface area contributed by atoms with E-state index >= 15 is 0 Å². The van der Waals surface area contributed by atoms with Crippen molar-refractivity contribution in [1.82, 2.24) is 14.7 Å². The van der Waals surface area contributed by atoms with Crippen LogP contribution in [0.1, 0.15) is 33.3 Å². The molecular formula is C29H39N5O8S2. The van der Waals surface area contributed by atoms with Gasteiger partial charge in [0.1, 0.15) is 6.61 Å². The highest BCUT2D eigenvalue weighted by Crippen LogP contribution is 2.41. The summed E-state index contributed by atoms with van der Waals surface area (Å²) in [6.45, 7) is 9.25. The number of sulfonamides is 2. The Hall–Kier alpha value is -3.66. The summed E-state index contributed by atoms with van der Waals surface area (Å²) in [5.41, 5.74) is 0.811. The summed E-state index contributed by atoms with van der Waals surface area (Å²) in [6, 6.07) is 13.4. The molecule has 0 spiro atoms.